The lowest BCUT2D eigenvalue weighted by atomic mass is 9.59. The summed E-state index contributed by atoms with van der Waals surface area (Å²) in [5.74, 6) is -1.78. The number of ether oxygens (including phenoxy) is 1. The Morgan fingerprint density at radius 1 is 1.32 bits per heavy atom. The summed E-state index contributed by atoms with van der Waals surface area (Å²) in [5, 5.41) is 33.7. The number of allylic oxidation sites excluding steroid dienone is 2. The zero-order chi connectivity index (χ0) is 23.5. The van der Waals surface area contributed by atoms with Crippen molar-refractivity contribution in [2.75, 3.05) is 6.61 Å². The van der Waals surface area contributed by atoms with Crippen molar-refractivity contribution in [2.45, 2.75) is 72.7 Å². The van der Waals surface area contributed by atoms with Gasteiger partial charge in [-0.1, -0.05) is 45.9 Å². The third-order valence-electron chi connectivity index (χ3n) is 8.35. The molecule has 0 heterocycles. The van der Waals surface area contributed by atoms with E-state index in [0.29, 0.717) is 17.6 Å². The van der Waals surface area contributed by atoms with Gasteiger partial charge < -0.3 is 20.1 Å². The van der Waals surface area contributed by atoms with E-state index in [0.717, 1.165) is 0 Å². The van der Waals surface area contributed by atoms with Crippen molar-refractivity contribution in [3.05, 3.63) is 34.9 Å². The molecule has 1 unspecified atom stereocenters. The average molecular weight is 433 g/mol. The Hall–Kier alpha value is -1.76. The molecule has 3 N–H and O–H groups in total. The van der Waals surface area contributed by atoms with Crippen molar-refractivity contribution in [3.63, 3.8) is 0 Å². The predicted molar refractivity (Wildman–Crippen MR) is 117 cm³/mol. The highest BCUT2D eigenvalue weighted by atomic mass is 16.6. The van der Waals surface area contributed by atoms with E-state index < -0.39 is 41.7 Å². The number of hydrogen-bond donors (Lipinski definition) is 3. The Kier molecular flexibility index (Phi) is 5.92. The number of fused-ring (bicyclic) bond motifs is 1. The van der Waals surface area contributed by atoms with Crippen LogP contribution in [0.1, 0.15) is 54.9 Å². The van der Waals surface area contributed by atoms with E-state index in [9.17, 15) is 24.9 Å². The number of carbonyl (C=O) groups is 2. The Balaban J connectivity index is 2.29. The van der Waals surface area contributed by atoms with Gasteiger partial charge in [0, 0.05) is 11.5 Å². The van der Waals surface area contributed by atoms with E-state index in [1.807, 2.05) is 13.8 Å². The van der Waals surface area contributed by atoms with Gasteiger partial charge in [0.25, 0.3) is 0 Å². The van der Waals surface area contributed by atoms with Crippen LogP contribution in [0.15, 0.2) is 34.9 Å². The first-order valence-corrected chi connectivity index (χ1v) is 11.1. The van der Waals surface area contributed by atoms with E-state index in [-0.39, 0.29) is 28.6 Å². The largest absolute Gasteiger partial charge is 0.451 e. The normalized spacial score (nSPS) is 42.2. The fourth-order valence-electron chi connectivity index (χ4n) is 6.12. The fourth-order valence-corrected chi connectivity index (χ4v) is 6.12. The van der Waals surface area contributed by atoms with Crippen LogP contribution in [0.2, 0.25) is 0 Å². The molecule has 0 aliphatic heterocycles. The summed E-state index contributed by atoms with van der Waals surface area (Å²) < 4.78 is 5.72. The Bertz CT molecular complexity index is 880. The van der Waals surface area contributed by atoms with E-state index in [2.05, 4.69) is 13.8 Å². The van der Waals surface area contributed by atoms with Gasteiger partial charge in [0.1, 0.15) is 6.10 Å². The molecule has 6 heteroatoms. The fraction of sp³-hybridized carbons (Fsp3) is 0.680. The Labute approximate surface area is 184 Å². The summed E-state index contributed by atoms with van der Waals surface area (Å²) in [6.45, 7) is 12.7. The van der Waals surface area contributed by atoms with Crippen molar-refractivity contribution in [1.82, 2.24) is 0 Å². The highest BCUT2D eigenvalue weighted by Gasteiger charge is 2.72. The van der Waals surface area contributed by atoms with Crippen LogP contribution in [0.3, 0.4) is 0 Å². The maximum Gasteiger partial charge on any atom is 0.334 e. The molecule has 0 aromatic carbocycles. The lowest BCUT2D eigenvalue weighted by molar-refractivity contribution is -0.201. The third kappa shape index (κ3) is 3.10. The molecule has 0 amide bonds. The van der Waals surface area contributed by atoms with E-state index in [1.165, 1.54) is 0 Å². The van der Waals surface area contributed by atoms with Crippen LogP contribution in [-0.2, 0) is 14.3 Å². The molecule has 1 spiro atoms. The Morgan fingerprint density at radius 3 is 2.48 bits per heavy atom. The molecule has 7 atom stereocenters. The van der Waals surface area contributed by atoms with Crippen molar-refractivity contribution >= 4 is 11.8 Å². The number of Topliss-reactive ketones (excluding diaryl/α,β-unsaturated/α-hetero) is 1. The van der Waals surface area contributed by atoms with Gasteiger partial charge in [-0.15, -0.1) is 0 Å². The first kappa shape index (κ1) is 23.9. The topological polar surface area (TPSA) is 104 Å². The van der Waals surface area contributed by atoms with Crippen LogP contribution in [0.5, 0.6) is 0 Å². The molecule has 1 fully saturated rings. The molecule has 6 nitrogen and oxygen atoms in total. The van der Waals surface area contributed by atoms with Gasteiger partial charge in [-0.05, 0) is 55.6 Å². The van der Waals surface area contributed by atoms with Crippen LogP contribution in [-0.4, -0.2) is 51.5 Å². The second-order valence-corrected chi connectivity index (χ2v) is 10.4. The maximum atomic E-state index is 14.1. The zero-order valence-corrected chi connectivity index (χ0v) is 19.6. The SMILES string of the molecule is C/C=C(/C)C(=O)O[C@H]1C(C)=CC23C(=O)[C@@H](C=C(CO)[C@@H](O)[C@]12O)[C@@H](C)C(C)(C)C[C@H]3C. The first-order valence-electron chi connectivity index (χ1n) is 11.1. The molecule has 3 aliphatic rings. The molecule has 1 saturated carbocycles. The standard InChI is InChI=1S/C25H36O6/c1-8-13(2)22(29)31-21-14(3)10-24-15(4)11-23(6,7)16(5)18(20(24)28)9-17(12-26)19(27)25(21,24)30/h8-10,15-16,18-19,21,26-27,30H,11-12H2,1-7H3/b13-8-/t15-,16-,18+,19-,21+,24?,25+/m1/s1. The molecular formula is C25H36O6. The van der Waals surface area contributed by atoms with E-state index >= 15 is 0 Å². The summed E-state index contributed by atoms with van der Waals surface area (Å²) in [7, 11) is 0. The van der Waals surface area contributed by atoms with Crippen molar-refractivity contribution < 1.29 is 29.6 Å². The van der Waals surface area contributed by atoms with Crippen molar-refractivity contribution in [3.8, 4) is 0 Å². The summed E-state index contributed by atoms with van der Waals surface area (Å²) >= 11 is 0. The predicted octanol–water partition coefficient (Wildman–Crippen LogP) is 2.72. The highest BCUT2D eigenvalue weighted by molar-refractivity contribution is 5.95. The van der Waals surface area contributed by atoms with Gasteiger partial charge in [-0.2, -0.15) is 0 Å². The molecule has 2 bridgehead atoms. The van der Waals surface area contributed by atoms with Gasteiger partial charge in [-0.25, -0.2) is 4.79 Å². The van der Waals surface area contributed by atoms with Crippen molar-refractivity contribution in [2.24, 2.45) is 28.6 Å². The van der Waals surface area contributed by atoms with Crippen LogP contribution < -0.4 is 0 Å². The molecule has 3 rings (SSSR count). The number of ketones is 1. The molecule has 0 aromatic rings. The molecule has 31 heavy (non-hydrogen) atoms. The van der Waals surface area contributed by atoms with Gasteiger partial charge >= 0.3 is 5.97 Å². The number of aliphatic hydroxyl groups excluding tert-OH is 2. The second-order valence-electron chi connectivity index (χ2n) is 10.4. The number of carbonyl (C=O) groups excluding carboxylic acids is 2. The summed E-state index contributed by atoms with van der Waals surface area (Å²) in [6, 6.07) is 0. The lowest BCUT2D eigenvalue weighted by Crippen LogP contribution is -2.65. The third-order valence-corrected chi connectivity index (χ3v) is 8.35. The van der Waals surface area contributed by atoms with E-state index in [1.54, 1.807) is 39.0 Å². The monoisotopic (exact) mass is 432 g/mol. The molecule has 0 radical (unpaired) electrons. The minimum absolute atomic E-state index is 0.0708. The smallest absolute Gasteiger partial charge is 0.334 e. The van der Waals surface area contributed by atoms with Crippen LogP contribution in [0, 0.1) is 28.6 Å². The average Bonchev–Trinajstić information content (AvgIpc) is 2.88. The number of rotatable bonds is 3. The lowest BCUT2D eigenvalue weighted by Gasteiger charge is -2.48. The van der Waals surface area contributed by atoms with Gasteiger partial charge in [-0.3, -0.25) is 4.79 Å². The van der Waals surface area contributed by atoms with Crippen LogP contribution in [0.25, 0.3) is 0 Å². The van der Waals surface area contributed by atoms with Gasteiger partial charge in [0.05, 0.1) is 12.0 Å². The highest BCUT2D eigenvalue weighted by Crippen LogP contribution is 2.62. The second kappa shape index (κ2) is 7.68. The number of hydrogen-bond acceptors (Lipinski definition) is 6. The summed E-state index contributed by atoms with van der Waals surface area (Å²) in [5.41, 5.74) is -2.69. The molecule has 0 saturated heterocycles. The van der Waals surface area contributed by atoms with Crippen LogP contribution >= 0.6 is 0 Å². The first-order chi connectivity index (χ1) is 14.3. The van der Waals surface area contributed by atoms with Crippen molar-refractivity contribution in [1.29, 1.82) is 0 Å². The van der Waals surface area contributed by atoms with Crippen LogP contribution in [0.4, 0.5) is 0 Å². The van der Waals surface area contributed by atoms with Gasteiger partial charge in [0.2, 0.25) is 0 Å². The van der Waals surface area contributed by atoms with E-state index in [4.69, 9.17) is 4.74 Å². The number of aliphatic hydroxyl groups is 3. The molecular weight excluding hydrogens is 396 g/mol. The Morgan fingerprint density at radius 2 is 1.94 bits per heavy atom. The quantitative estimate of drug-likeness (QED) is 0.360. The maximum absolute atomic E-state index is 14.1. The molecule has 0 aromatic heterocycles. The zero-order valence-electron chi connectivity index (χ0n) is 19.6. The number of esters is 1. The molecule has 172 valence electrons. The summed E-state index contributed by atoms with van der Waals surface area (Å²) in [4.78, 5) is 26.8. The van der Waals surface area contributed by atoms with Gasteiger partial charge in [0.15, 0.2) is 17.5 Å². The minimum Gasteiger partial charge on any atom is -0.451 e. The minimum atomic E-state index is -2.11. The molecule has 3 aliphatic carbocycles. The summed E-state index contributed by atoms with van der Waals surface area (Å²) in [6.07, 6.45) is 2.85.